The molecule has 1 amide bonds. The highest BCUT2D eigenvalue weighted by Crippen LogP contribution is 2.16. The number of halogens is 1. The Balaban J connectivity index is 2.51. The average Bonchev–Trinajstić information content (AvgIpc) is 2.36. The molecule has 0 radical (unpaired) electrons. The van der Waals surface area contributed by atoms with Crippen molar-refractivity contribution >= 4 is 21.8 Å². The van der Waals surface area contributed by atoms with Gasteiger partial charge in [-0.15, -0.1) is 0 Å². The number of carbonyl (C=O) groups is 1. The van der Waals surface area contributed by atoms with Crippen LogP contribution < -0.4 is 11.1 Å². The predicted octanol–water partition coefficient (Wildman–Crippen LogP) is 3.14. The van der Waals surface area contributed by atoms with Gasteiger partial charge in [0.1, 0.15) is 0 Å². The van der Waals surface area contributed by atoms with E-state index in [2.05, 4.69) is 28.2 Å². The van der Waals surface area contributed by atoms with Crippen LogP contribution >= 0.6 is 15.9 Å². The molecule has 1 aromatic rings. The summed E-state index contributed by atoms with van der Waals surface area (Å²) in [5.74, 6) is -0.0705. The lowest BCUT2D eigenvalue weighted by Gasteiger charge is -2.17. The second-order valence-electron chi connectivity index (χ2n) is 4.53. The van der Waals surface area contributed by atoms with Gasteiger partial charge in [-0.25, -0.2) is 0 Å². The molecule has 1 unspecified atom stereocenters. The second kappa shape index (κ2) is 7.54. The van der Waals surface area contributed by atoms with Crippen molar-refractivity contribution < 1.29 is 4.79 Å². The van der Waals surface area contributed by atoms with E-state index in [1.807, 2.05) is 31.2 Å². The van der Waals surface area contributed by atoms with Gasteiger partial charge in [0.05, 0.1) is 12.1 Å². The van der Waals surface area contributed by atoms with E-state index in [0.717, 1.165) is 29.3 Å². The molecule has 0 aliphatic heterocycles. The molecule has 0 spiro atoms. The molecule has 1 aromatic carbocycles. The van der Waals surface area contributed by atoms with E-state index in [-0.39, 0.29) is 11.9 Å². The number of unbranched alkanes of at least 4 members (excludes halogenated alkanes) is 1. The number of hydrogen-bond acceptors (Lipinski definition) is 2. The van der Waals surface area contributed by atoms with Crippen LogP contribution in [0.3, 0.4) is 0 Å². The Labute approximate surface area is 117 Å². The van der Waals surface area contributed by atoms with E-state index in [4.69, 9.17) is 5.73 Å². The summed E-state index contributed by atoms with van der Waals surface area (Å²) in [5, 5.41) is 2.95. The summed E-state index contributed by atoms with van der Waals surface area (Å²) in [7, 11) is 0. The van der Waals surface area contributed by atoms with Gasteiger partial charge in [0.2, 0.25) is 5.91 Å². The Morgan fingerprint density at radius 2 is 2.00 bits per heavy atom. The van der Waals surface area contributed by atoms with Gasteiger partial charge >= 0.3 is 0 Å². The van der Waals surface area contributed by atoms with Gasteiger partial charge in [0.15, 0.2) is 0 Å². The van der Waals surface area contributed by atoms with Gasteiger partial charge in [0, 0.05) is 4.47 Å². The fraction of sp³-hybridized carbons (Fsp3) is 0.500. The highest BCUT2D eigenvalue weighted by atomic mass is 79.9. The summed E-state index contributed by atoms with van der Waals surface area (Å²) in [6, 6.07) is 7.50. The van der Waals surface area contributed by atoms with Crippen molar-refractivity contribution in [3.05, 3.63) is 34.3 Å². The molecule has 0 bridgehead atoms. The van der Waals surface area contributed by atoms with Crippen LogP contribution in [0.2, 0.25) is 0 Å². The minimum Gasteiger partial charge on any atom is -0.348 e. The molecule has 0 fully saturated rings. The molecule has 3 nitrogen and oxygen atoms in total. The third kappa shape index (κ3) is 4.78. The van der Waals surface area contributed by atoms with Gasteiger partial charge < -0.3 is 11.1 Å². The number of carbonyl (C=O) groups excluding carboxylic acids is 1. The Bertz CT molecular complexity index is 378. The van der Waals surface area contributed by atoms with Crippen molar-refractivity contribution in [1.29, 1.82) is 0 Å². The molecule has 100 valence electrons. The maximum Gasteiger partial charge on any atom is 0.237 e. The number of hydrogen-bond donors (Lipinski definition) is 2. The normalized spacial score (nSPS) is 14.0. The molecular formula is C14H21BrN2O. The van der Waals surface area contributed by atoms with Gasteiger partial charge in [-0.1, -0.05) is 47.8 Å². The Kier molecular flexibility index (Phi) is 6.36. The number of benzene rings is 1. The third-order valence-electron chi connectivity index (χ3n) is 2.93. The molecule has 1 rings (SSSR count). The average molecular weight is 313 g/mol. The maximum absolute atomic E-state index is 11.9. The molecule has 2 atom stereocenters. The zero-order valence-corrected chi connectivity index (χ0v) is 12.5. The van der Waals surface area contributed by atoms with Crippen LogP contribution in [-0.4, -0.2) is 11.9 Å². The minimum absolute atomic E-state index is 0.0155. The Morgan fingerprint density at radius 3 is 2.56 bits per heavy atom. The van der Waals surface area contributed by atoms with Crippen LogP contribution in [-0.2, 0) is 4.79 Å². The molecule has 0 aromatic heterocycles. The SMILES string of the molecule is CCCCC(N)C(=O)N[C@H](C)c1ccc(Br)cc1. The zero-order chi connectivity index (χ0) is 13.5. The van der Waals surface area contributed by atoms with Crippen LogP contribution in [0, 0.1) is 0 Å². The van der Waals surface area contributed by atoms with Crippen LogP contribution in [0.1, 0.15) is 44.7 Å². The van der Waals surface area contributed by atoms with E-state index in [9.17, 15) is 4.79 Å². The van der Waals surface area contributed by atoms with Gasteiger partial charge in [0.25, 0.3) is 0 Å². The van der Waals surface area contributed by atoms with Gasteiger partial charge in [-0.05, 0) is 31.0 Å². The molecular weight excluding hydrogens is 292 g/mol. The number of rotatable bonds is 6. The summed E-state index contributed by atoms with van der Waals surface area (Å²) < 4.78 is 1.03. The minimum atomic E-state index is -0.400. The highest BCUT2D eigenvalue weighted by Gasteiger charge is 2.15. The van der Waals surface area contributed by atoms with Crippen molar-refractivity contribution in [2.75, 3.05) is 0 Å². The van der Waals surface area contributed by atoms with E-state index in [1.165, 1.54) is 0 Å². The highest BCUT2D eigenvalue weighted by molar-refractivity contribution is 9.10. The molecule has 0 saturated carbocycles. The van der Waals surface area contributed by atoms with E-state index in [1.54, 1.807) is 0 Å². The lowest BCUT2D eigenvalue weighted by atomic mass is 10.1. The zero-order valence-electron chi connectivity index (χ0n) is 10.9. The maximum atomic E-state index is 11.9. The smallest absolute Gasteiger partial charge is 0.237 e. The molecule has 0 saturated heterocycles. The fourth-order valence-electron chi connectivity index (χ4n) is 1.71. The first kappa shape index (κ1) is 15.2. The molecule has 3 N–H and O–H groups in total. The molecule has 0 aliphatic rings. The number of nitrogens with one attached hydrogen (secondary N) is 1. The summed E-state index contributed by atoms with van der Waals surface area (Å²) in [6.45, 7) is 4.06. The van der Waals surface area contributed by atoms with Gasteiger partial charge in [-0.3, -0.25) is 4.79 Å². The van der Waals surface area contributed by atoms with Crippen molar-refractivity contribution in [2.45, 2.75) is 45.2 Å². The number of nitrogens with two attached hydrogens (primary N) is 1. The fourth-order valence-corrected chi connectivity index (χ4v) is 1.97. The topological polar surface area (TPSA) is 55.1 Å². The van der Waals surface area contributed by atoms with Crippen LogP contribution in [0.5, 0.6) is 0 Å². The van der Waals surface area contributed by atoms with Crippen LogP contribution in [0.25, 0.3) is 0 Å². The lowest BCUT2D eigenvalue weighted by molar-refractivity contribution is -0.123. The largest absolute Gasteiger partial charge is 0.348 e. The first-order valence-corrected chi connectivity index (χ1v) is 7.15. The summed E-state index contributed by atoms with van der Waals surface area (Å²) in [5.41, 5.74) is 6.91. The molecule has 0 aliphatic carbocycles. The Morgan fingerprint density at radius 1 is 1.39 bits per heavy atom. The molecule has 4 heteroatoms. The van der Waals surface area contributed by atoms with E-state index in [0.29, 0.717) is 0 Å². The van der Waals surface area contributed by atoms with Crippen LogP contribution in [0.4, 0.5) is 0 Å². The molecule has 0 heterocycles. The lowest BCUT2D eigenvalue weighted by Crippen LogP contribution is -2.41. The summed E-state index contributed by atoms with van der Waals surface area (Å²) in [6.07, 6.45) is 2.79. The first-order chi connectivity index (χ1) is 8.54. The first-order valence-electron chi connectivity index (χ1n) is 6.36. The monoisotopic (exact) mass is 312 g/mol. The van der Waals surface area contributed by atoms with Crippen LogP contribution in [0.15, 0.2) is 28.7 Å². The van der Waals surface area contributed by atoms with E-state index >= 15 is 0 Å². The van der Waals surface area contributed by atoms with E-state index < -0.39 is 6.04 Å². The quantitative estimate of drug-likeness (QED) is 0.847. The summed E-state index contributed by atoms with van der Waals surface area (Å²) in [4.78, 5) is 11.9. The Hall–Kier alpha value is -0.870. The van der Waals surface area contributed by atoms with Crippen molar-refractivity contribution in [1.82, 2.24) is 5.32 Å². The van der Waals surface area contributed by atoms with Crippen molar-refractivity contribution in [3.63, 3.8) is 0 Å². The second-order valence-corrected chi connectivity index (χ2v) is 5.45. The third-order valence-corrected chi connectivity index (χ3v) is 3.46. The standard InChI is InChI=1S/C14H21BrN2O/c1-3-4-5-13(16)14(18)17-10(2)11-6-8-12(15)9-7-11/h6-10,13H,3-5,16H2,1-2H3,(H,17,18)/t10-,13?/m1/s1. The van der Waals surface area contributed by atoms with Crippen molar-refractivity contribution in [2.24, 2.45) is 5.73 Å². The predicted molar refractivity (Wildman–Crippen MR) is 78.2 cm³/mol. The molecule has 18 heavy (non-hydrogen) atoms. The van der Waals surface area contributed by atoms with Gasteiger partial charge in [-0.2, -0.15) is 0 Å². The van der Waals surface area contributed by atoms with Crippen molar-refractivity contribution in [3.8, 4) is 0 Å². The number of amides is 1. The summed E-state index contributed by atoms with van der Waals surface area (Å²) >= 11 is 3.39.